The van der Waals surface area contributed by atoms with Crippen molar-refractivity contribution in [2.75, 3.05) is 24.7 Å². The van der Waals surface area contributed by atoms with Crippen molar-refractivity contribution < 1.29 is 19.5 Å². The summed E-state index contributed by atoms with van der Waals surface area (Å²) in [6.07, 6.45) is 0.218. The molecule has 0 bridgehead atoms. The number of carboxylic acids is 1. The monoisotopic (exact) mass is 467 g/mol. The second-order valence-electron chi connectivity index (χ2n) is 6.71. The van der Waals surface area contributed by atoms with E-state index in [4.69, 9.17) is 5.73 Å². The fourth-order valence-electron chi connectivity index (χ4n) is 3.05. The first-order chi connectivity index (χ1) is 14.2. The maximum absolute atomic E-state index is 12.6. The number of β-lactam (4-membered cyclic amide) rings is 1. The summed E-state index contributed by atoms with van der Waals surface area (Å²) in [5.41, 5.74) is 6.24. The number of rotatable bonds is 6. The molecule has 14 heteroatoms. The number of carbonyl (C=O) groups is 3. The van der Waals surface area contributed by atoms with E-state index in [1.807, 2.05) is 0 Å². The number of thiazole rings is 1. The second kappa shape index (κ2) is 7.85. The first-order valence-corrected chi connectivity index (χ1v) is 11.3. The largest absolute Gasteiger partial charge is 0.477 e. The summed E-state index contributed by atoms with van der Waals surface area (Å²) in [4.78, 5) is 43.9. The van der Waals surface area contributed by atoms with Gasteiger partial charge in [0.2, 0.25) is 16.9 Å². The van der Waals surface area contributed by atoms with Gasteiger partial charge in [-0.3, -0.25) is 14.5 Å². The van der Waals surface area contributed by atoms with Crippen molar-refractivity contribution >= 4 is 68.1 Å². The number of nitrogen functional groups attached to an aromatic ring is 1. The molecule has 2 aromatic heterocycles. The lowest BCUT2D eigenvalue weighted by molar-refractivity contribution is -0.145. The Kier molecular flexibility index (Phi) is 5.38. The van der Waals surface area contributed by atoms with Crippen LogP contribution in [-0.4, -0.2) is 67.8 Å². The Morgan fingerprint density at radius 3 is 2.73 bits per heavy atom. The molecule has 2 atom stereocenters. The number of anilines is 2. The highest BCUT2D eigenvalue weighted by Crippen LogP contribution is 2.47. The highest BCUT2D eigenvalue weighted by molar-refractivity contribution is 8.01. The molecule has 0 spiro atoms. The molecular formula is C16H17N7O4S3. The zero-order valence-corrected chi connectivity index (χ0v) is 18.3. The molecule has 11 nitrogen and oxygen atoms in total. The molecule has 0 saturated carbocycles. The fourth-order valence-corrected chi connectivity index (χ4v) is 5.99. The number of aliphatic carboxylic acids is 1. The number of amides is 2. The van der Waals surface area contributed by atoms with E-state index >= 15 is 0 Å². The van der Waals surface area contributed by atoms with Crippen LogP contribution >= 0.6 is 34.4 Å². The van der Waals surface area contributed by atoms with Crippen LogP contribution in [0.3, 0.4) is 0 Å². The molecule has 1 saturated heterocycles. The first-order valence-electron chi connectivity index (χ1n) is 8.70. The van der Waals surface area contributed by atoms with E-state index in [0.29, 0.717) is 21.0 Å². The lowest BCUT2D eigenvalue weighted by Crippen LogP contribution is -2.57. The number of fused-ring (bicyclic) bond motifs is 1. The molecule has 2 aliphatic heterocycles. The average molecular weight is 468 g/mol. The molecule has 4 rings (SSSR count). The van der Waals surface area contributed by atoms with Gasteiger partial charge in [-0.2, -0.15) is 0 Å². The third-order valence-corrected chi connectivity index (χ3v) is 7.55. The zero-order chi connectivity index (χ0) is 21.6. The minimum absolute atomic E-state index is 0.00677. The Hall–Kier alpha value is -2.71. The number of thioether (sulfide) groups is 1. The van der Waals surface area contributed by atoms with E-state index in [1.54, 1.807) is 24.4 Å². The molecule has 4 heterocycles. The summed E-state index contributed by atoms with van der Waals surface area (Å²) < 4.78 is 0. The quantitative estimate of drug-likeness (QED) is 0.509. The number of carbonyl (C=O) groups excluding carboxylic acids is 2. The van der Waals surface area contributed by atoms with Crippen LogP contribution in [0, 0.1) is 0 Å². The van der Waals surface area contributed by atoms with Gasteiger partial charge < -0.3 is 21.1 Å². The number of nitrogens with two attached hydrogens (primary N) is 1. The molecule has 2 aromatic rings. The predicted octanol–water partition coefficient (Wildman–Crippen LogP) is 0.429. The van der Waals surface area contributed by atoms with Gasteiger partial charge >= 0.3 is 5.97 Å². The summed E-state index contributed by atoms with van der Waals surface area (Å²) in [6, 6.07) is 0. The number of hydrogen-bond donors (Lipinski definition) is 3. The Bertz CT molecular complexity index is 1060. The summed E-state index contributed by atoms with van der Waals surface area (Å²) in [7, 11) is 3.58. The smallest absolute Gasteiger partial charge is 0.353 e. The molecule has 2 amide bonds. The zero-order valence-electron chi connectivity index (χ0n) is 15.9. The van der Waals surface area contributed by atoms with Gasteiger partial charge in [0, 0.05) is 19.5 Å². The lowest BCUT2D eigenvalue weighted by Gasteiger charge is -2.46. The van der Waals surface area contributed by atoms with Gasteiger partial charge in [-0.1, -0.05) is 11.3 Å². The van der Waals surface area contributed by atoms with Gasteiger partial charge in [-0.15, -0.1) is 33.3 Å². The fraction of sp³-hybridized carbons (Fsp3) is 0.375. The highest BCUT2D eigenvalue weighted by Gasteiger charge is 2.50. The van der Waals surface area contributed by atoms with Crippen LogP contribution < -0.4 is 16.0 Å². The van der Waals surface area contributed by atoms with E-state index in [0.717, 1.165) is 0 Å². The van der Waals surface area contributed by atoms with Gasteiger partial charge in [-0.25, -0.2) is 9.78 Å². The molecule has 0 aromatic carbocycles. The van der Waals surface area contributed by atoms with Crippen LogP contribution in [0.15, 0.2) is 11.1 Å². The molecule has 1 unspecified atom stereocenters. The van der Waals surface area contributed by atoms with Gasteiger partial charge in [0.25, 0.3) is 0 Å². The standard InChI is InChI=1S/C16H17N7O4S3/c1-22(2)16-21-20-13(30-16)10-11(14(26)27)23-8(25)4-9(23)29-12(10)19-7(24)3-6-5-28-15(17)18-6/h5,9,12H,3-4H2,1-2H3,(H2,17,18)(H,19,24)(H,26,27)/t9-,12?/m1/s1. The second-order valence-corrected chi connectivity index (χ2v) is 9.85. The first kappa shape index (κ1) is 20.6. The van der Waals surface area contributed by atoms with Crippen molar-refractivity contribution in [3.63, 3.8) is 0 Å². The third kappa shape index (κ3) is 3.73. The summed E-state index contributed by atoms with van der Waals surface area (Å²) in [5.74, 6) is -1.87. The normalized spacial score (nSPS) is 20.6. The number of aromatic nitrogens is 3. The summed E-state index contributed by atoms with van der Waals surface area (Å²) >= 11 is 3.73. The number of nitrogens with zero attached hydrogens (tertiary/aromatic N) is 5. The Morgan fingerprint density at radius 2 is 2.17 bits per heavy atom. The number of nitrogens with one attached hydrogen (secondary N) is 1. The van der Waals surface area contributed by atoms with Gasteiger partial charge in [0.15, 0.2) is 10.1 Å². The molecule has 30 heavy (non-hydrogen) atoms. The van der Waals surface area contributed by atoms with Crippen LogP contribution in [0.5, 0.6) is 0 Å². The Balaban J connectivity index is 1.69. The van der Waals surface area contributed by atoms with E-state index in [-0.39, 0.29) is 41.3 Å². The van der Waals surface area contributed by atoms with Gasteiger partial charge in [0.05, 0.1) is 29.5 Å². The average Bonchev–Trinajstić information content (AvgIpc) is 3.29. The minimum atomic E-state index is -1.25. The molecule has 2 aliphatic rings. The minimum Gasteiger partial charge on any atom is -0.477 e. The summed E-state index contributed by atoms with van der Waals surface area (Å²) in [6.45, 7) is 0. The topological polar surface area (TPSA) is 155 Å². The van der Waals surface area contributed by atoms with Crippen LogP contribution in [0.4, 0.5) is 10.3 Å². The van der Waals surface area contributed by atoms with Crippen molar-refractivity contribution in [1.29, 1.82) is 0 Å². The maximum atomic E-state index is 12.6. The lowest BCUT2D eigenvalue weighted by atomic mass is 10.1. The van der Waals surface area contributed by atoms with Crippen LogP contribution in [-0.2, 0) is 20.8 Å². The van der Waals surface area contributed by atoms with E-state index < -0.39 is 11.3 Å². The van der Waals surface area contributed by atoms with Crippen LogP contribution in [0.1, 0.15) is 17.1 Å². The van der Waals surface area contributed by atoms with E-state index in [2.05, 4.69) is 20.5 Å². The van der Waals surface area contributed by atoms with Gasteiger partial charge in [-0.05, 0) is 0 Å². The molecule has 4 N–H and O–H groups in total. The Morgan fingerprint density at radius 1 is 1.40 bits per heavy atom. The van der Waals surface area contributed by atoms with Crippen molar-refractivity contribution in [2.24, 2.45) is 0 Å². The molecule has 1 fully saturated rings. The van der Waals surface area contributed by atoms with Crippen molar-refractivity contribution in [3.05, 3.63) is 21.8 Å². The third-order valence-electron chi connectivity index (χ3n) is 4.39. The summed E-state index contributed by atoms with van der Waals surface area (Å²) in [5, 5.41) is 22.8. The number of carboxylic acid groups (broad SMARTS) is 1. The maximum Gasteiger partial charge on any atom is 0.353 e. The predicted molar refractivity (Wildman–Crippen MR) is 114 cm³/mol. The molecule has 158 valence electrons. The molecule has 0 aliphatic carbocycles. The Labute approximate surface area is 183 Å². The SMILES string of the molecule is CN(C)c1nnc(C2=C(C(=O)O)N3C(=O)C[C@H]3SC2NC(=O)Cc2csc(N)n2)s1. The van der Waals surface area contributed by atoms with Crippen LogP contribution in [0.2, 0.25) is 0 Å². The van der Waals surface area contributed by atoms with Crippen molar-refractivity contribution in [2.45, 2.75) is 23.6 Å². The van der Waals surface area contributed by atoms with Crippen LogP contribution in [0.25, 0.3) is 5.57 Å². The van der Waals surface area contributed by atoms with Gasteiger partial charge in [0.1, 0.15) is 11.1 Å². The van der Waals surface area contributed by atoms with Crippen molar-refractivity contribution in [1.82, 2.24) is 25.4 Å². The van der Waals surface area contributed by atoms with E-state index in [1.165, 1.54) is 39.3 Å². The molecule has 0 radical (unpaired) electrons. The molecular weight excluding hydrogens is 450 g/mol. The van der Waals surface area contributed by atoms with Crippen molar-refractivity contribution in [3.8, 4) is 0 Å². The highest BCUT2D eigenvalue weighted by atomic mass is 32.2. The van der Waals surface area contributed by atoms with E-state index in [9.17, 15) is 19.5 Å². The number of hydrogen-bond acceptors (Lipinski definition) is 11.